The van der Waals surface area contributed by atoms with Gasteiger partial charge in [0.1, 0.15) is 6.29 Å². The molecule has 0 radical (unpaired) electrons. The third-order valence-corrected chi connectivity index (χ3v) is 0. The van der Waals surface area contributed by atoms with Crippen LogP contribution in [-0.2, 0) is 4.79 Å². The van der Waals surface area contributed by atoms with E-state index in [9.17, 15) is 0 Å². The average molecular weight is 105 g/mol. The Kier molecular flexibility index (Phi) is 103. The predicted octanol–water partition coefficient (Wildman–Crippen LogP) is 0.677. The summed E-state index contributed by atoms with van der Waals surface area (Å²) in [5.41, 5.74) is 0. The summed E-state index contributed by atoms with van der Waals surface area (Å²) in [5, 5.41) is 2.75. The van der Waals surface area contributed by atoms with Crippen LogP contribution in [0.5, 0.6) is 0 Å². The van der Waals surface area contributed by atoms with Crippen LogP contribution in [-0.4, -0.2) is 20.4 Å². The second-order valence-electron chi connectivity index (χ2n) is 0.736. The van der Waals surface area contributed by atoms with Crippen LogP contribution in [0.3, 0.4) is 0 Å². The number of hydrogen-bond donors (Lipinski definition) is 1. The number of hydrogen-bond acceptors (Lipinski definition) is 2. The highest BCUT2D eigenvalue weighted by Crippen LogP contribution is 1.13. The molecule has 0 aliphatic rings. The molecule has 0 aliphatic heterocycles. The standard InChI is InChI=1S/C2H7N.C2H4O.CH4/c1-3-2;1-2-3;/h3H,1-2H3;2H,1H3;1H4. The summed E-state index contributed by atoms with van der Waals surface area (Å²) in [6, 6.07) is 0. The molecule has 0 spiro atoms. The second-order valence-corrected chi connectivity index (χ2v) is 0.736. The van der Waals surface area contributed by atoms with Crippen molar-refractivity contribution in [2.45, 2.75) is 14.4 Å². The molecule has 7 heavy (non-hydrogen) atoms. The lowest BCUT2D eigenvalue weighted by Gasteiger charge is -1.59. The summed E-state index contributed by atoms with van der Waals surface area (Å²) in [5.74, 6) is 0. The quantitative estimate of drug-likeness (QED) is 0.459. The summed E-state index contributed by atoms with van der Waals surface area (Å²) in [7, 11) is 3.75. The first kappa shape index (κ1) is 15.9. The molecule has 0 atom stereocenters. The average Bonchev–Trinajstić information content (AvgIpc) is 1.39. The maximum atomic E-state index is 8.81. The monoisotopic (exact) mass is 105 g/mol. The first-order chi connectivity index (χ1) is 2.83. The van der Waals surface area contributed by atoms with Crippen molar-refractivity contribution >= 4 is 6.29 Å². The highest BCUT2D eigenvalue weighted by Gasteiger charge is 1.25. The third-order valence-electron chi connectivity index (χ3n) is 0. The molecule has 0 aromatic heterocycles. The Bertz CT molecular complexity index is 22.0. The number of aldehydes is 1. The Morgan fingerprint density at radius 2 is 1.43 bits per heavy atom. The Morgan fingerprint density at radius 1 is 1.43 bits per heavy atom. The largest absolute Gasteiger partial charge is 0.323 e. The van der Waals surface area contributed by atoms with Crippen LogP contribution < -0.4 is 5.32 Å². The van der Waals surface area contributed by atoms with E-state index in [1.54, 1.807) is 0 Å². The number of carbonyl (C=O) groups is 1. The Morgan fingerprint density at radius 3 is 1.43 bits per heavy atom. The summed E-state index contributed by atoms with van der Waals surface area (Å²) in [4.78, 5) is 8.81. The topological polar surface area (TPSA) is 29.1 Å². The zero-order valence-electron chi connectivity index (χ0n) is 4.49. The number of nitrogens with one attached hydrogen (secondary N) is 1. The van der Waals surface area contributed by atoms with Gasteiger partial charge in [0.05, 0.1) is 0 Å². The maximum Gasteiger partial charge on any atom is 0.116 e. The lowest BCUT2D eigenvalue weighted by molar-refractivity contribution is -0.106. The molecule has 0 heterocycles. The van der Waals surface area contributed by atoms with Gasteiger partial charge in [0, 0.05) is 0 Å². The van der Waals surface area contributed by atoms with Crippen LogP contribution in [0, 0.1) is 0 Å². The molecule has 0 amide bonds. The predicted molar refractivity (Wildman–Crippen MR) is 33.5 cm³/mol. The van der Waals surface area contributed by atoms with Crippen molar-refractivity contribution in [1.29, 1.82) is 0 Å². The fourth-order valence-electron chi connectivity index (χ4n) is 0. The van der Waals surface area contributed by atoms with E-state index in [1.807, 2.05) is 14.1 Å². The van der Waals surface area contributed by atoms with E-state index in [0.29, 0.717) is 0 Å². The van der Waals surface area contributed by atoms with Crippen LogP contribution in [0.1, 0.15) is 14.4 Å². The highest BCUT2D eigenvalue weighted by atomic mass is 16.1. The van der Waals surface area contributed by atoms with Crippen molar-refractivity contribution in [3.63, 3.8) is 0 Å². The number of rotatable bonds is 0. The Hall–Kier alpha value is -0.370. The molecule has 0 aromatic carbocycles. The molecule has 0 aromatic rings. The van der Waals surface area contributed by atoms with Gasteiger partial charge in [0.25, 0.3) is 0 Å². The van der Waals surface area contributed by atoms with Gasteiger partial charge in [-0.15, -0.1) is 0 Å². The molecular weight excluding hydrogens is 90.1 g/mol. The molecule has 1 N–H and O–H groups in total. The first-order valence-corrected chi connectivity index (χ1v) is 1.81. The van der Waals surface area contributed by atoms with Gasteiger partial charge in [0.2, 0.25) is 0 Å². The van der Waals surface area contributed by atoms with Gasteiger partial charge in [-0.1, -0.05) is 7.43 Å². The molecule has 0 saturated carbocycles. The summed E-state index contributed by atoms with van der Waals surface area (Å²) in [6.07, 6.45) is 0.750. The molecule has 2 nitrogen and oxygen atoms in total. The normalized spacial score (nSPS) is 4.43. The maximum absolute atomic E-state index is 8.81. The minimum atomic E-state index is 0. The number of carbonyl (C=O) groups excluding carboxylic acids is 1. The van der Waals surface area contributed by atoms with Gasteiger partial charge in [-0.05, 0) is 21.0 Å². The van der Waals surface area contributed by atoms with Crippen molar-refractivity contribution < 1.29 is 4.79 Å². The fraction of sp³-hybridized carbons (Fsp3) is 0.800. The van der Waals surface area contributed by atoms with Gasteiger partial charge in [-0.2, -0.15) is 0 Å². The van der Waals surface area contributed by atoms with Crippen molar-refractivity contribution in [2.75, 3.05) is 14.1 Å². The molecule has 0 rings (SSSR count). The molecule has 0 aliphatic carbocycles. The third kappa shape index (κ3) is 542. The Labute approximate surface area is 45.9 Å². The fourth-order valence-corrected chi connectivity index (χ4v) is 0. The van der Waals surface area contributed by atoms with E-state index in [4.69, 9.17) is 4.79 Å². The van der Waals surface area contributed by atoms with Gasteiger partial charge in [-0.3, -0.25) is 0 Å². The van der Waals surface area contributed by atoms with Crippen LogP contribution in [0.2, 0.25) is 0 Å². The van der Waals surface area contributed by atoms with Crippen LogP contribution in [0.4, 0.5) is 0 Å². The smallest absolute Gasteiger partial charge is 0.116 e. The molecule has 0 saturated heterocycles. The SMILES string of the molecule is C.CC=O.CNC. The van der Waals surface area contributed by atoms with E-state index >= 15 is 0 Å². The molecular formula is C5H15NO. The van der Waals surface area contributed by atoms with Gasteiger partial charge >= 0.3 is 0 Å². The second kappa shape index (κ2) is 45.4. The van der Waals surface area contributed by atoms with Crippen molar-refractivity contribution in [3.8, 4) is 0 Å². The van der Waals surface area contributed by atoms with Crippen molar-refractivity contribution in [1.82, 2.24) is 5.32 Å². The zero-order chi connectivity index (χ0) is 5.41. The van der Waals surface area contributed by atoms with E-state index in [1.165, 1.54) is 6.92 Å². The minimum Gasteiger partial charge on any atom is -0.323 e. The molecule has 2 heteroatoms. The summed E-state index contributed by atoms with van der Waals surface area (Å²) < 4.78 is 0. The molecule has 0 unspecified atom stereocenters. The zero-order valence-corrected chi connectivity index (χ0v) is 4.49. The van der Waals surface area contributed by atoms with Gasteiger partial charge < -0.3 is 10.1 Å². The van der Waals surface area contributed by atoms with E-state index in [-0.39, 0.29) is 7.43 Å². The van der Waals surface area contributed by atoms with Gasteiger partial charge in [0.15, 0.2) is 0 Å². The minimum absolute atomic E-state index is 0. The highest BCUT2D eigenvalue weighted by molar-refractivity contribution is 5.44. The summed E-state index contributed by atoms with van der Waals surface area (Å²) in [6.45, 7) is 1.44. The summed E-state index contributed by atoms with van der Waals surface area (Å²) >= 11 is 0. The van der Waals surface area contributed by atoms with E-state index in [2.05, 4.69) is 5.32 Å². The molecule has 46 valence electrons. The lowest BCUT2D eigenvalue weighted by atomic mass is 11.0. The first-order valence-electron chi connectivity index (χ1n) is 1.81. The van der Waals surface area contributed by atoms with Crippen molar-refractivity contribution in [2.24, 2.45) is 0 Å². The Balaban J connectivity index is -0.0000000400. The van der Waals surface area contributed by atoms with E-state index < -0.39 is 0 Å². The lowest BCUT2D eigenvalue weighted by Crippen LogP contribution is -1.89. The van der Waals surface area contributed by atoms with Crippen LogP contribution in [0.15, 0.2) is 0 Å². The molecule has 0 fully saturated rings. The molecule has 0 bridgehead atoms. The van der Waals surface area contributed by atoms with Crippen molar-refractivity contribution in [3.05, 3.63) is 0 Å². The van der Waals surface area contributed by atoms with E-state index in [0.717, 1.165) is 6.29 Å². The van der Waals surface area contributed by atoms with Crippen LogP contribution >= 0.6 is 0 Å². The van der Waals surface area contributed by atoms with Gasteiger partial charge in [-0.25, -0.2) is 0 Å². The van der Waals surface area contributed by atoms with Crippen LogP contribution in [0.25, 0.3) is 0 Å².